The first kappa shape index (κ1) is 19.0. The lowest BCUT2D eigenvalue weighted by Crippen LogP contribution is -2.35. The smallest absolute Gasteiger partial charge is 0.289 e. The predicted molar refractivity (Wildman–Crippen MR) is 103 cm³/mol. The first-order valence-electron chi connectivity index (χ1n) is 9.18. The van der Waals surface area contributed by atoms with Gasteiger partial charge in [-0.15, -0.1) is 6.58 Å². The van der Waals surface area contributed by atoms with E-state index < -0.39 is 0 Å². The van der Waals surface area contributed by atoms with Gasteiger partial charge in [-0.1, -0.05) is 18.2 Å². The molecular formula is C21H26N2O4. The topological polar surface area (TPSA) is 55.2 Å². The lowest BCUT2D eigenvalue weighted by atomic mass is 10.3. The second-order valence-corrected chi connectivity index (χ2v) is 6.44. The Morgan fingerprint density at radius 1 is 1.15 bits per heavy atom. The molecule has 0 spiro atoms. The Bertz CT molecular complexity index is 771. The van der Waals surface area contributed by atoms with Gasteiger partial charge in [0, 0.05) is 32.7 Å². The number of furan rings is 1. The molecule has 1 saturated heterocycles. The van der Waals surface area contributed by atoms with Crippen LogP contribution in [-0.4, -0.2) is 55.5 Å². The fourth-order valence-electron chi connectivity index (χ4n) is 3.15. The fourth-order valence-corrected chi connectivity index (χ4v) is 3.15. The lowest BCUT2D eigenvalue weighted by Gasteiger charge is -2.20. The Hall–Kier alpha value is -2.73. The number of rotatable bonds is 7. The molecule has 1 aliphatic rings. The van der Waals surface area contributed by atoms with Crippen LogP contribution < -0.4 is 9.47 Å². The highest BCUT2D eigenvalue weighted by atomic mass is 16.5. The van der Waals surface area contributed by atoms with Crippen molar-refractivity contribution < 1.29 is 18.7 Å². The summed E-state index contributed by atoms with van der Waals surface area (Å²) in [6, 6.07) is 10.9. The monoisotopic (exact) mass is 370 g/mol. The quantitative estimate of drug-likeness (QED) is 0.701. The van der Waals surface area contributed by atoms with Crippen LogP contribution in [0.15, 0.2) is 53.5 Å². The summed E-state index contributed by atoms with van der Waals surface area (Å²) in [7, 11) is 1.60. The molecule has 1 aromatic heterocycles. The third-order valence-electron chi connectivity index (χ3n) is 4.57. The first-order valence-corrected chi connectivity index (χ1v) is 9.18. The third-order valence-corrected chi connectivity index (χ3v) is 4.57. The number of nitrogens with zero attached hydrogens (tertiary/aromatic N) is 2. The Kier molecular flexibility index (Phi) is 6.54. The van der Waals surface area contributed by atoms with E-state index in [4.69, 9.17) is 13.9 Å². The van der Waals surface area contributed by atoms with Gasteiger partial charge in [0.05, 0.1) is 7.11 Å². The van der Waals surface area contributed by atoms with Gasteiger partial charge in [-0.2, -0.15) is 0 Å². The molecule has 2 heterocycles. The van der Waals surface area contributed by atoms with Crippen molar-refractivity contribution in [3.05, 3.63) is 60.6 Å². The molecule has 1 amide bonds. The van der Waals surface area contributed by atoms with Crippen LogP contribution in [0.2, 0.25) is 0 Å². The van der Waals surface area contributed by atoms with Crippen LogP contribution in [0.5, 0.6) is 11.5 Å². The average Bonchev–Trinajstić information content (AvgIpc) is 3.05. The minimum atomic E-state index is -0.0704. The molecule has 6 nitrogen and oxygen atoms in total. The highest BCUT2D eigenvalue weighted by molar-refractivity contribution is 5.91. The number of carbonyl (C=O) groups excluding carboxylic acids is 1. The van der Waals surface area contributed by atoms with Crippen molar-refractivity contribution in [2.75, 3.05) is 39.8 Å². The molecule has 0 aliphatic carbocycles. The van der Waals surface area contributed by atoms with Gasteiger partial charge in [-0.05, 0) is 30.7 Å². The molecule has 6 heteroatoms. The molecule has 1 fully saturated rings. The van der Waals surface area contributed by atoms with Crippen LogP contribution in [0.3, 0.4) is 0 Å². The molecule has 3 rings (SSSR count). The summed E-state index contributed by atoms with van der Waals surface area (Å²) >= 11 is 0. The molecule has 144 valence electrons. The molecule has 0 saturated carbocycles. The fraction of sp³-hybridized carbons (Fsp3) is 0.381. The van der Waals surface area contributed by atoms with Crippen molar-refractivity contribution in [2.45, 2.75) is 13.0 Å². The van der Waals surface area contributed by atoms with E-state index in [1.165, 1.54) is 0 Å². The van der Waals surface area contributed by atoms with Crippen LogP contribution in [0, 0.1) is 0 Å². The van der Waals surface area contributed by atoms with Crippen molar-refractivity contribution in [3.63, 3.8) is 0 Å². The van der Waals surface area contributed by atoms with Crippen molar-refractivity contribution >= 4 is 5.91 Å². The predicted octanol–water partition coefficient (Wildman–Crippen LogP) is 3.20. The molecule has 2 aromatic rings. The van der Waals surface area contributed by atoms with E-state index in [9.17, 15) is 4.79 Å². The minimum absolute atomic E-state index is 0.0704. The maximum absolute atomic E-state index is 12.7. The molecule has 27 heavy (non-hydrogen) atoms. The van der Waals surface area contributed by atoms with E-state index in [1.54, 1.807) is 19.2 Å². The number of carbonyl (C=O) groups is 1. The SMILES string of the molecule is C=CCN1CCCN(C(=O)c2ccc(COc3ccccc3OC)o2)CC1. The number of methoxy groups -OCH3 is 1. The summed E-state index contributed by atoms with van der Waals surface area (Å²) < 4.78 is 16.7. The van der Waals surface area contributed by atoms with E-state index in [0.717, 1.165) is 32.6 Å². The minimum Gasteiger partial charge on any atom is -0.493 e. The zero-order valence-electron chi connectivity index (χ0n) is 15.7. The molecule has 1 aromatic carbocycles. The van der Waals surface area contributed by atoms with E-state index in [2.05, 4.69) is 11.5 Å². The van der Waals surface area contributed by atoms with Gasteiger partial charge in [-0.3, -0.25) is 9.69 Å². The van der Waals surface area contributed by atoms with Gasteiger partial charge in [0.1, 0.15) is 12.4 Å². The maximum atomic E-state index is 12.7. The summed E-state index contributed by atoms with van der Waals surface area (Å²) in [6.07, 6.45) is 2.85. The van der Waals surface area contributed by atoms with Crippen LogP contribution in [0.25, 0.3) is 0 Å². The van der Waals surface area contributed by atoms with Crippen LogP contribution in [0.1, 0.15) is 22.7 Å². The Labute approximate surface area is 160 Å². The Morgan fingerprint density at radius 3 is 2.74 bits per heavy atom. The maximum Gasteiger partial charge on any atom is 0.289 e. The third kappa shape index (κ3) is 4.92. The number of ether oxygens (including phenoxy) is 2. The summed E-state index contributed by atoms with van der Waals surface area (Å²) in [5, 5.41) is 0. The van der Waals surface area contributed by atoms with Crippen molar-refractivity contribution in [1.82, 2.24) is 9.80 Å². The van der Waals surface area contributed by atoms with Crippen LogP contribution >= 0.6 is 0 Å². The normalized spacial score (nSPS) is 15.2. The van der Waals surface area contributed by atoms with Gasteiger partial charge in [-0.25, -0.2) is 0 Å². The molecule has 0 radical (unpaired) electrons. The second kappa shape index (κ2) is 9.28. The standard InChI is InChI=1S/C21H26N2O4/c1-3-11-22-12-6-13-23(15-14-22)21(24)20-10-9-17(27-20)16-26-19-8-5-4-7-18(19)25-2/h3-5,7-10H,1,6,11-16H2,2H3. The van der Waals surface area contributed by atoms with Gasteiger partial charge in [0.2, 0.25) is 0 Å². The van der Waals surface area contributed by atoms with Crippen LogP contribution in [-0.2, 0) is 6.61 Å². The molecule has 1 aliphatic heterocycles. The summed E-state index contributed by atoms with van der Waals surface area (Å²) in [5.41, 5.74) is 0. The van der Waals surface area contributed by atoms with Gasteiger partial charge in [0.25, 0.3) is 5.91 Å². The number of hydrogen-bond acceptors (Lipinski definition) is 5. The summed E-state index contributed by atoms with van der Waals surface area (Å²) in [4.78, 5) is 16.9. The highest BCUT2D eigenvalue weighted by Crippen LogP contribution is 2.27. The zero-order chi connectivity index (χ0) is 19.1. The number of benzene rings is 1. The first-order chi connectivity index (χ1) is 13.2. The van der Waals surface area contributed by atoms with Gasteiger partial charge < -0.3 is 18.8 Å². The van der Waals surface area contributed by atoms with E-state index in [-0.39, 0.29) is 12.5 Å². The van der Waals surface area contributed by atoms with Gasteiger partial charge in [0.15, 0.2) is 17.3 Å². The molecular weight excluding hydrogens is 344 g/mol. The van der Waals surface area contributed by atoms with E-state index in [1.807, 2.05) is 35.2 Å². The molecule has 0 unspecified atom stereocenters. The zero-order valence-corrected chi connectivity index (χ0v) is 15.7. The molecule has 0 bridgehead atoms. The van der Waals surface area contributed by atoms with E-state index >= 15 is 0 Å². The largest absolute Gasteiger partial charge is 0.493 e. The van der Waals surface area contributed by atoms with Crippen molar-refractivity contribution in [3.8, 4) is 11.5 Å². The highest BCUT2D eigenvalue weighted by Gasteiger charge is 2.22. The molecule has 0 atom stereocenters. The lowest BCUT2D eigenvalue weighted by molar-refractivity contribution is 0.0726. The van der Waals surface area contributed by atoms with E-state index in [0.29, 0.717) is 29.6 Å². The number of para-hydroxylation sites is 2. The number of hydrogen-bond donors (Lipinski definition) is 0. The van der Waals surface area contributed by atoms with Gasteiger partial charge >= 0.3 is 0 Å². The van der Waals surface area contributed by atoms with Crippen molar-refractivity contribution in [2.24, 2.45) is 0 Å². The average molecular weight is 370 g/mol. The van der Waals surface area contributed by atoms with Crippen LogP contribution in [0.4, 0.5) is 0 Å². The number of amides is 1. The molecule has 0 N–H and O–H groups in total. The summed E-state index contributed by atoms with van der Waals surface area (Å²) in [6.45, 7) is 8.13. The Balaban J connectivity index is 1.58. The summed E-state index contributed by atoms with van der Waals surface area (Å²) in [5.74, 6) is 2.19. The van der Waals surface area contributed by atoms with Crippen molar-refractivity contribution in [1.29, 1.82) is 0 Å². The Morgan fingerprint density at radius 2 is 1.96 bits per heavy atom. The second-order valence-electron chi connectivity index (χ2n) is 6.44.